The Morgan fingerprint density at radius 1 is 1.45 bits per heavy atom. The summed E-state index contributed by atoms with van der Waals surface area (Å²) < 4.78 is 42.9. The van der Waals surface area contributed by atoms with Crippen molar-refractivity contribution < 1.29 is 32.9 Å². The summed E-state index contributed by atoms with van der Waals surface area (Å²) in [7, 11) is 0. The highest BCUT2D eigenvalue weighted by molar-refractivity contribution is 5.71. The van der Waals surface area contributed by atoms with Gasteiger partial charge in [0.2, 0.25) is 0 Å². The summed E-state index contributed by atoms with van der Waals surface area (Å²) in [5, 5.41) is 18.4. The van der Waals surface area contributed by atoms with Crippen molar-refractivity contribution in [1.29, 1.82) is 0 Å². The highest BCUT2D eigenvalue weighted by Gasteiger charge is 2.40. The Bertz CT molecular complexity index is 502. The van der Waals surface area contributed by atoms with Crippen LogP contribution in [0.1, 0.15) is 24.1 Å². The number of benzene rings is 1. The standard InChI is InChI=1S/C12H14F3NO4/c1-2-20-8-4-6(5-9(17)18)3-7(10(8)19)11(16)12(13,14)15/h3-4,11,19H,2,5,16H2,1H3,(H,17,18)/t11-/m1/s1. The second-order valence-corrected chi connectivity index (χ2v) is 4.05. The van der Waals surface area contributed by atoms with Crippen molar-refractivity contribution in [3.63, 3.8) is 0 Å². The quantitative estimate of drug-likeness (QED) is 0.772. The molecule has 0 amide bonds. The second-order valence-electron chi connectivity index (χ2n) is 4.05. The number of aromatic hydroxyl groups is 1. The highest BCUT2D eigenvalue weighted by Crippen LogP contribution is 2.40. The van der Waals surface area contributed by atoms with Crippen LogP contribution in [0.3, 0.4) is 0 Å². The van der Waals surface area contributed by atoms with Crippen LogP contribution >= 0.6 is 0 Å². The zero-order valence-corrected chi connectivity index (χ0v) is 10.6. The largest absolute Gasteiger partial charge is 0.504 e. The van der Waals surface area contributed by atoms with E-state index in [4.69, 9.17) is 15.6 Å². The SMILES string of the molecule is CCOc1cc(CC(=O)O)cc([C@@H](N)C(F)(F)F)c1O. The fraction of sp³-hybridized carbons (Fsp3) is 0.417. The first kappa shape index (κ1) is 16.1. The predicted molar refractivity (Wildman–Crippen MR) is 63.6 cm³/mol. The van der Waals surface area contributed by atoms with Gasteiger partial charge in [-0.25, -0.2) is 0 Å². The maximum absolute atomic E-state index is 12.6. The van der Waals surface area contributed by atoms with E-state index in [0.29, 0.717) is 0 Å². The minimum Gasteiger partial charge on any atom is -0.504 e. The zero-order valence-electron chi connectivity index (χ0n) is 10.6. The van der Waals surface area contributed by atoms with Gasteiger partial charge in [0.1, 0.15) is 6.04 Å². The molecule has 0 aliphatic carbocycles. The van der Waals surface area contributed by atoms with E-state index >= 15 is 0 Å². The topological polar surface area (TPSA) is 92.8 Å². The van der Waals surface area contributed by atoms with Crippen LogP contribution in [-0.2, 0) is 11.2 Å². The molecule has 0 spiro atoms. The minimum absolute atomic E-state index is 0.0634. The van der Waals surface area contributed by atoms with E-state index in [1.807, 2.05) is 0 Å². The molecule has 0 radical (unpaired) electrons. The normalized spacial score (nSPS) is 13.1. The summed E-state index contributed by atoms with van der Waals surface area (Å²) >= 11 is 0. The number of hydrogen-bond acceptors (Lipinski definition) is 4. The van der Waals surface area contributed by atoms with Gasteiger partial charge in [0.15, 0.2) is 11.5 Å². The van der Waals surface area contributed by atoms with Gasteiger partial charge in [0.05, 0.1) is 13.0 Å². The van der Waals surface area contributed by atoms with Crippen molar-refractivity contribution in [2.75, 3.05) is 6.61 Å². The molecule has 0 aliphatic heterocycles. The van der Waals surface area contributed by atoms with Crippen LogP contribution in [0.25, 0.3) is 0 Å². The molecule has 0 heterocycles. The molecular weight excluding hydrogens is 279 g/mol. The first-order chi connectivity index (χ1) is 9.16. The number of aliphatic carboxylic acids is 1. The molecular formula is C12H14F3NO4. The Kier molecular flexibility index (Phi) is 4.83. The molecule has 20 heavy (non-hydrogen) atoms. The number of carboxylic acid groups (broad SMARTS) is 1. The fourth-order valence-electron chi connectivity index (χ4n) is 1.64. The van der Waals surface area contributed by atoms with Crippen LogP contribution in [0, 0.1) is 0 Å². The molecule has 0 unspecified atom stereocenters. The number of rotatable bonds is 5. The summed E-state index contributed by atoms with van der Waals surface area (Å²) in [6, 6.07) is -0.320. The summed E-state index contributed by atoms with van der Waals surface area (Å²) in [5.74, 6) is -2.17. The molecule has 0 aromatic heterocycles. The van der Waals surface area contributed by atoms with Crippen molar-refractivity contribution >= 4 is 5.97 Å². The van der Waals surface area contributed by atoms with Gasteiger partial charge in [-0.15, -0.1) is 0 Å². The van der Waals surface area contributed by atoms with Crippen molar-refractivity contribution in [2.45, 2.75) is 25.6 Å². The third-order valence-corrected chi connectivity index (χ3v) is 2.51. The lowest BCUT2D eigenvalue weighted by atomic mass is 10.0. The van der Waals surface area contributed by atoms with Gasteiger partial charge in [0, 0.05) is 5.56 Å². The van der Waals surface area contributed by atoms with Gasteiger partial charge >= 0.3 is 12.1 Å². The second kappa shape index (κ2) is 6.00. The maximum atomic E-state index is 12.6. The van der Waals surface area contributed by atoms with E-state index in [1.54, 1.807) is 6.92 Å². The van der Waals surface area contributed by atoms with E-state index < -0.39 is 35.9 Å². The Hall–Kier alpha value is -1.96. The lowest BCUT2D eigenvalue weighted by molar-refractivity contribution is -0.149. The third-order valence-electron chi connectivity index (χ3n) is 2.51. The first-order valence-electron chi connectivity index (χ1n) is 5.69. The van der Waals surface area contributed by atoms with E-state index in [2.05, 4.69) is 0 Å². The molecule has 0 fully saturated rings. The number of alkyl halides is 3. The number of halogens is 3. The predicted octanol–water partition coefficient (Wildman–Crippen LogP) is 1.98. The molecule has 8 heteroatoms. The van der Waals surface area contributed by atoms with Crippen molar-refractivity contribution in [3.8, 4) is 11.5 Å². The van der Waals surface area contributed by atoms with Crippen LogP contribution in [0.2, 0.25) is 0 Å². The number of ether oxygens (including phenoxy) is 1. The number of carbonyl (C=O) groups is 1. The molecule has 1 aromatic carbocycles. The molecule has 1 atom stereocenters. The molecule has 5 nitrogen and oxygen atoms in total. The van der Waals surface area contributed by atoms with Gasteiger partial charge in [-0.3, -0.25) is 4.79 Å². The van der Waals surface area contributed by atoms with E-state index in [1.165, 1.54) is 6.07 Å². The smallest absolute Gasteiger partial charge is 0.407 e. The number of hydrogen-bond donors (Lipinski definition) is 3. The molecule has 0 saturated carbocycles. The van der Waals surface area contributed by atoms with Crippen molar-refractivity contribution in [1.82, 2.24) is 0 Å². The minimum atomic E-state index is -4.76. The molecule has 112 valence electrons. The molecule has 0 bridgehead atoms. The van der Waals surface area contributed by atoms with Crippen LogP contribution in [-0.4, -0.2) is 29.0 Å². The molecule has 4 N–H and O–H groups in total. The fourth-order valence-corrected chi connectivity index (χ4v) is 1.64. The Morgan fingerprint density at radius 2 is 2.05 bits per heavy atom. The molecule has 0 saturated heterocycles. The lowest BCUT2D eigenvalue weighted by Gasteiger charge is -2.19. The van der Waals surface area contributed by atoms with E-state index in [-0.39, 0.29) is 17.9 Å². The van der Waals surface area contributed by atoms with Gasteiger partial charge in [0.25, 0.3) is 0 Å². The number of nitrogens with two attached hydrogens (primary N) is 1. The first-order valence-corrected chi connectivity index (χ1v) is 5.69. The number of phenolic OH excluding ortho intramolecular Hbond substituents is 1. The van der Waals surface area contributed by atoms with Crippen LogP contribution in [0.4, 0.5) is 13.2 Å². The third kappa shape index (κ3) is 3.77. The lowest BCUT2D eigenvalue weighted by Crippen LogP contribution is -2.28. The molecule has 0 aliphatic rings. The van der Waals surface area contributed by atoms with Crippen LogP contribution < -0.4 is 10.5 Å². The zero-order chi connectivity index (χ0) is 15.5. The monoisotopic (exact) mass is 293 g/mol. The van der Waals surface area contributed by atoms with E-state index in [0.717, 1.165) is 6.07 Å². The summed E-state index contributed by atoms with van der Waals surface area (Å²) in [4.78, 5) is 10.6. The summed E-state index contributed by atoms with van der Waals surface area (Å²) in [6.45, 7) is 1.68. The van der Waals surface area contributed by atoms with Gasteiger partial charge < -0.3 is 20.7 Å². The van der Waals surface area contributed by atoms with Crippen molar-refractivity contribution in [3.05, 3.63) is 23.3 Å². The van der Waals surface area contributed by atoms with Crippen LogP contribution in [0.15, 0.2) is 12.1 Å². The average Bonchev–Trinajstić information content (AvgIpc) is 2.30. The van der Waals surface area contributed by atoms with Crippen LogP contribution in [0.5, 0.6) is 11.5 Å². The Morgan fingerprint density at radius 3 is 2.50 bits per heavy atom. The molecule has 1 aromatic rings. The summed E-state index contributed by atoms with van der Waals surface area (Å²) in [6.07, 6.45) is -5.26. The Balaban J connectivity index is 3.33. The number of phenols is 1. The van der Waals surface area contributed by atoms with Gasteiger partial charge in [-0.2, -0.15) is 13.2 Å². The average molecular weight is 293 g/mol. The number of carboxylic acids is 1. The van der Waals surface area contributed by atoms with E-state index in [9.17, 15) is 23.1 Å². The maximum Gasteiger partial charge on any atom is 0.407 e. The summed E-state index contributed by atoms with van der Waals surface area (Å²) in [5.41, 5.74) is 4.50. The highest BCUT2D eigenvalue weighted by atomic mass is 19.4. The Labute approximate surface area is 112 Å². The van der Waals surface area contributed by atoms with Gasteiger partial charge in [-0.1, -0.05) is 0 Å². The van der Waals surface area contributed by atoms with Crippen molar-refractivity contribution in [2.24, 2.45) is 5.73 Å². The van der Waals surface area contributed by atoms with Gasteiger partial charge in [-0.05, 0) is 24.6 Å². The molecule has 1 rings (SSSR count).